The lowest BCUT2D eigenvalue weighted by Crippen LogP contribution is -2.26. The second-order valence-corrected chi connectivity index (χ2v) is 4.66. The summed E-state index contributed by atoms with van der Waals surface area (Å²) in [5, 5.41) is 9.02. The highest BCUT2D eigenvalue weighted by Gasteiger charge is 2.08. The van der Waals surface area contributed by atoms with Crippen LogP contribution in [0.15, 0.2) is 12.1 Å². The molecule has 1 heterocycles. The summed E-state index contributed by atoms with van der Waals surface area (Å²) >= 11 is 0. The van der Waals surface area contributed by atoms with Gasteiger partial charge in [-0.25, -0.2) is 4.98 Å². The molecule has 1 aromatic heterocycles. The molecule has 98 valence electrons. The minimum atomic E-state index is 0.704. The van der Waals surface area contributed by atoms with E-state index in [1.165, 1.54) is 25.7 Å². The van der Waals surface area contributed by atoms with Crippen LogP contribution in [0.5, 0.6) is 0 Å². The topological polar surface area (TPSA) is 39.9 Å². The average Bonchev–Trinajstić information content (AvgIpc) is 2.38. The molecule has 0 bridgehead atoms. The molecular weight excluding hydrogens is 222 g/mol. The number of hydrogen-bond acceptors (Lipinski definition) is 3. The van der Waals surface area contributed by atoms with E-state index in [0.29, 0.717) is 5.56 Å². The first-order valence-electron chi connectivity index (χ1n) is 6.85. The molecule has 0 fully saturated rings. The molecule has 0 unspecified atom stereocenters. The lowest BCUT2D eigenvalue weighted by Gasteiger charge is -2.24. The van der Waals surface area contributed by atoms with Crippen molar-refractivity contribution >= 4 is 5.82 Å². The summed E-state index contributed by atoms with van der Waals surface area (Å²) in [5.74, 6) is 0.952. The summed E-state index contributed by atoms with van der Waals surface area (Å²) in [6, 6.07) is 5.94. The van der Waals surface area contributed by atoms with E-state index in [9.17, 15) is 0 Å². The molecule has 0 radical (unpaired) electrons. The van der Waals surface area contributed by atoms with Gasteiger partial charge in [0, 0.05) is 18.8 Å². The number of anilines is 1. The number of unbranched alkanes of at least 4 members (excludes halogenated alkanes) is 2. The Hall–Kier alpha value is -1.56. The van der Waals surface area contributed by atoms with E-state index in [4.69, 9.17) is 5.26 Å². The van der Waals surface area contributed by atoms with Gasteiger partial charge in [-0.3, -0.25) is 0 Å². The Morgan fingerprint density at radius 1 is 1.17 bits per heavy atom. The molecular formula is C15H23N3. The number of rotatable bonds is 7. The molecule has 0 saturated heterocycles. The summed E-state index contributed by atoms with van der Waals surface area (Å²) in [6.45, 7) is 8.39. The van der Waals surface area contributed by atoms with Gasteiger partial charge in [-0.05, 0) is 31.9 Å². The normalized spacial score (nSPS) is 10.1. The summed E-state index contributed by atoms with van der Waals surface area (Å²) in [6.07, 6.45) is 4.70. The highest BCUT2D eigenvalue weighted by molar-refractivity contribution is 5.46. The first-order valence-corrected chi connectivity index (χ1v) is 6.85. The van der Waals surface area contributed by atoms with Crippen molar-refractivity contribution in [3.63, 3.8) is 0 Å². The molecule has 1 aromatic rings. The molecule has 3 heteroatoms. The molecule has 0 amide bonds. The van der Waals surface area contributed by atoms with Crippen molar-refractivity contribution in [2.45, 2.75) is 46.5 Å². The fourth-order valence-electron chi connectivity index (χ4n) is 1.92. The zero-order valence-corrected chi connectivity index (χ0v) is 11.7. The number of pyridine rings is 1. The maximum Gasteiger partial charge on any atom is 0.130 e. The van der Waals surface area contributed by atoms with Gasteiger partial charge in [0.15, 0.2) is 0 Å². The first kappa shape index (κ1) is 14.5. The van der Waals surface area contributed by atoms with Gasteiger partial charge < -0.3 is 4.90 Å². The highest BCUT2D eigenvalue weighted by atomic mass is 15.2. The SMILES string of the molecule is CCCCN(CCCC)c1cc(C#N)cc(C)n1. The van der Waals surface area contributed by atoms with Crippen LogP contribution in [-0.2, 0) is 0 Å². The summed E-state index contributed by atoms with van der Waals surface area (Å²) in [5.41, 5.74) is 1.62. The quantitative estimate of drug-likeness (QED) is 0.736. The molecule has 0 aliphatic carbocycles. The number of nitriles is 1. The fraction of sp³-hybridized carbons (Fsp3) is 0.600. The van der Waals surface area contributed by atoms with E-state index in [-0.39, 0.29) is 0 Å². The smallest absolute Gasteiger partial charge is 0.130 e. The Kier molecular flexibility index (Phi) is 6.21. The van der Waals surface area contributed by atoms with Gasteiger partial charge in [0.1, 0.15) is 5.82 Å². The van der Waals surface area contributed by atoms with E-state index in [1.54, 1.807) is 0 Å². The molecule has 0 spiro atoms. The predicted octanol–water partition coefficient (Wildman–Crippen LogP) is 3.67. The summed E-state index contributed by atoms with van der Waals surface area (Å²) in [7, 11) is 0. The Morgan fingerprint density at radius 2 is 1.78 bits per heavy atom. The van der Waals surface area contributed by atoms with Crippen LogP contribution in [0, 0.1) is 18.3 Å². The van der Waals surface area contributed by atoms with Crippen molar-refractivity contribution in [1.29, 1.82) is 5.26 Å². The summed E-state index contributed by atoms with van der Waals surface area (Å²) < 4.78 is 0. The highest BCUT2D eigenvalue weighted by Crippen LogP contribution is 2.16. The average molecular weight is 245 g/mol. The van der Waals surface area contributed by atoms with E-state index in [0.717, 1.165) is 24.6 Å². The third-order valence-corrected chi connectivity index (χ3v) is 2.96. The van der Waals surface area contributed by atoms with Crippen molar-refractivity contribution in [1.82, 2.24) is 4.98 Å². The maximum atomic E-state index is 9.02. The number of nitrogens with zero attached hydrogens (tertiary/aromatic N) is 3. The third-order valence-electron chi connectivity index (χ3n) is 2.96. The Labute approximate surface area is 110 Å². The van der Waals surface area contributed by atoms with Crippen LogP contribution >= 0.6 is 0 Å². The molecule has 18 heavy (non-hydrogen) atoms. The van der Waals surface area contributed by atoms with Crippen molar-refractivity contribution in [3.05, 3.63) is 23.4 Å². The van der Waals surface area contributed by atoms with Crippen LogP contribution in [0.4, 0.5) is 5.82 Å². The van der Waals surface area contributed by atoms with Gasteiger partial charge in [-0.15, -0.1) is 0 Å². The lowest BCUT2D eigenvalue weighted by molar-refractivity contribution is 0.670. The second kappa shape index (κ2) is 7.71. The molecule has 0 aromatic carbocycles. The van der Waals surface area contributed by atoms with Crippen molar-refractivity contribution in [2.24, 2.45) is 0 Å². The zero-order valence-electron chi connectivity index (χ0n) is 11.7. The largest absolute Gasteiger partial charge is 0.357 e. The number of aromatic nitrogens is 1. The summed E-state index contributed by atoms with van der Waals surface area (Å²) in [4.78, 5) is 6.87. The minimum absolute atomic E-state index is 0.704. The van der Waals surface area contributed by atoms with Gasteiger partial charge in [0.05, 0.1) is 11.6 Å². The van der Waals surface area contributed by atoms with Gasteiger partial charge in [0.2, 0.25) is 0 Å². The Bertz CT molecular complexity index is 399. The molecule has 3 nitrogen and oxygen atoms in total. The third kappa shape index (κ3) is 4.37. The molecule has 1 rings (SSSR count). The number of hydrogen-bond donors (Lipinski definition) is 0. The van der Waals surface area contributed by atoms with Crippen molar-refractivity contribution in [3.8, 4) is 6.07 Å². The fourth-order valence-corrected chi connectivity index (χ4v) is 1.92. The van der Waals surface area contributed by atoms with Crippen molar-refractivity contribution in [2.75, 3.05) is 18.0 Å². The number of aryl methyl sites for hydroxylation is 1. The van der Waals surface area contributed by atoms with Crippen LogP contribution in [0.3, 0.4) is 0 Å². The molecule has 0 aliphatic rings. The van der Waals surface area contributed by atoms with E-state index >= 15 is 0 Å². The van der Waals surface area contributed by atoms with Gasteiger partial charge >= 0.3 is 0 Å². The first-order chi connectivity index (χ1) is 8.71. The van der Waals surface area contributed by atoms with Gasteiger partial charge in [-0.2, -0.15) is 5.26 Å². The Balaban J connectivity index is 2.89. The molecule has 0 saturated carbocycles. The van der Waals surface area contributed by atoms with Crippen LogP contribution < -0.4 is 4.90 Å². The Morgan fingerprint density at radius 3 is 2.28 bits per heavy atom. The zero-order chi connectivity index (χ0) is 13.4. The molecule has 0 atom stereocenters. The van der Waals surface area contributed by atoms with E-state index in [2.05, 4.69) is 29.8 Å². The van der Waals surface area contributed by atoms with E-state index < -0.39 is 0 Å². The molecule has 0 aliphatic heterocycles. The molecule has 0 N–H and O–H groups in total. The monoisotopic (exact) mass is 245 g/mol. The predicted molar refractivity (Wildman–Crippen MR) is 75.7 cm³/mol. The second-order valence-electron chi connectivity index (χ2n) is 4.66. The van der Waals surface area contributed by atoms with Crippen molar-refractivity contribution < 1.29 is 0 Å². The van der Waals surface area contributed by atoms with Gasteiger partial charge in [-0.1, -0.05) is 26.7 Å². The van der Waals surface area contributed by atoms with Crippen LogP contribution in [0.25, 0.3) is 0 Å². The van der Waals surface area contributed by atoms with Crippen LogP contribution in [0.2, 0.25) is 0 Å². The van der Waals surface area contributed by atoms with Crippen LogP contribution in [-0.4, -0.2) is 18.1 Å². The van der Waals surface area contributed by atoms with Crippen LogP contribution in [0.1, 0.15) is 50.8 Å². The standard InChI is InChI=1S/C15H23N3/c1-4-6-8-18(9-7-5-2)15-11-14(12-16)10-13(3)17-15/h10-11H,4-9H2,1-3H3. The van der Waals surface area contributed by atoms with Gasteiger partial charge in [0.25, 0.3) is 0 Å². The minimum Gasteiger partial charge on any atom is -0.357 e. The lowest BCUT2D eigenvalue weighted by atomic mass is 10.2. The van der Waals surface area contributed by atoms with E-state index in [1.807, 2.05) is 19.1 Å². The maximum absolute atomic E-state index is 9.02.